The van der Waals surface area contributed by atoms with Crippen LogP contribution in [0.2, 0.25) is 0 Å². The molecule has 0 bridgehead atoms. The minimum atomic E-state index is 0.534. The monoisotopic (exact) mass is 412 g/mol. The lowest BCUT2D eigenvalue weighted by Gasteiger charge is -2.25. The first-order chi connectivity index (χ1) is 15.1. The van der Waals surface area contributed by atoms with Crippen LogP contribution < -0.4 is 0 Å². The highest BCUT2D eigenvalue weighted by Crippen LogP contribution is 2.38. The SMILES string of the molecule is Cc1nc2ccc(-c3c(-c4ccccc4)ncn3C3CCCCC3)cc2n1CC(C)C. The fraction of sp³-hybridized carbons (Fsp3) is 0.407. The van der Waals surface area contributed by atoms with Gasteiger partial charge in [0.05, 0.1) is 28.7 Å². The van der Waals surface area contributed by atoms with Gasteiger partial charge in [0, 0.05) is 23.7 Å². The maximum absolute atomic E-state index is 4.93. The van der Waals surface area contributed by atoms with Crippen LogP contribution in [0, 0.1) is 12.8 Å². The predicted octanol–water partition coefficient (Wildman–Crippen LogP) is 7.04. The highest BCUT2D eigenvalue weighted by molar-refractivity contribution is 5.86. The lowest BCUT2D eigenvalue weighted by Crippen LogP contribution is -2.13. The molecule has 2 aromatic heterocycles. The molecule has 0 atom stereocenters. The van der Waals surface area contributed by atoms with Crippen LogP contribution in [-0.2, 0) is 6.54 Å². The van der Waals surface area contributed by atoms with Crippen molar-refractivity contribution in [1.29, 1.82) is 0 Å². The summed E-state index contributed by atoms with van der Waals surface area (Å²) in [5, 5.41) is 0. The Hall–Kier alpha value is -2.88. The second-order valence-corrected chi connectivity index (χ2v) is 9.37. The molecule has 0 radical (unpaired) electrons. The van der Waals surface area contributed by atoms with E-state index in [4.69, 9.17) is 9.97 Å². The van der Waals surface area contributed by atoms with Crippen molar-refractivity contribution < 1.29 is 0 Å². The summed E-state index contributed by atoms with van der Waals surface area (Å²) < 4.78 is 4.83. The minimum Gasteiger partial charge on any atom is -0.328 e. The van der Waals surface area contributed by atoms with Gasteiger partial charge in [-0.05, 0) is 37.8 Å². The zero-order valence-electron chi connectivity index (χ0n) is 18.9. The predicted molar refractivity (Wildman–Crippen MR) is 128 cm³/mol. The van der Waals surface area contributed by atoms with Crippen LogP contribution in [-0.4, -0.2) is 19.1 Å². The quantitative estimate of drug-likeness (QED) is 0.352. The molecule has 4 aromatic rings. The Balaban J connectivity index is 1.69. The van der Waals surface area contributed by atoms with Gasteiger partial charge in [0.1, 0.15) is 5.82 Å². The summed E-state index contributed by atoms with van der Waals surface area (Å²) >= 11 is 0. The fourth-order valence-corrected chi connectivity index (χ4v) is 5.08. The summed E-state index contributed by atoms with van der Waals surface area (Å²) in [7, 11) is 0. The topological polar surface area (TPSA) is 35.6 Å². The van der Waals surface area contributed by atoms with Crippen LogP contribution >= 0.6 is 0 Å². The van der Waals surface area contributed by atoms with Crippen LogP contribution in [0.4, 0.5) is 0 Å². The third-order valence-electron chi connectivity index (χ3n) is 6.57. The van der Waals surface area contributed by atoms with Crippen LogP contribution in [0.3, 0.4) is 0 Å². The molecule has 5 rings (SSSR count). The number of nitrogens with zero attached hydrogens (tertiary/aromatic N) is 4. The van der Waals surface area contributed by atoms with E-state index in [2.05, 4.69) is 84.8 Å². The molecule has 160 valence electrons. The lowest BCUT2D eigenvalue weighted by atomic mass is 9.94. The lowest BCUT2D eigenvalue weighted by molar-refractivity contribution is 0.355. The van der Waals surface area contributed by atoms with Crippen molar-refractivity contribution in [1.82, 2.24) is 19.1 Å². The average Bonchev–Trinajstić information content (AvgIpc) is 3.36. The number of imidazole rings is 2. The van der Waals surface area contributed by atoms with E-state index in [-0.39, 0.29) is 0 Å². The van der Waals surface area contributed by atoms with E-state index in [1.807, 2.05) is 0 Å². The molecule has 0 amide bonds. The Labute approximate surface area is 185 Å². The molecule has 0 spiro atoms. The Morgan fingerprint density at radius 1 is 0.968 bits per heavy atom. The number of benzene rings is 2. The van der Waals surface area contributed by atoms with Crippen molar-refractivity contribution in [2.45, 2.75) is 65.5 Å². The zero-order valence-corrected chi connectivity index (χ0v) is 18.9. The number of fused-ring (bicyclic) bond motifs is 1. The highest BCUT2D eigenvalue weighted by atomic mass is 15.1. The largest absolute Gasteiger partial charge is 0.328 e. The fourth-order valence-electron chi connectivity index (χ4n) is 5.08. The first-order valence-electron chi connectivity index (χ1n) is 11.7. The van der Waals surface area contributed by atoms with E-state index in [1.54, 1.807) is 0 Å². The third-order valence-corrected chi connectivity index (χ3v) is 6.57. The van der Waals surface area contributed by atoms with Gasteiger partial charge in [-0.2, -0.15) is 0 Å². The van der Waals surface area contributed by atoms with Gasteiger partial charge in [-0.3, -0.25) is 0 Å². The zero-order chi connectivity index (χ0) is 21.4. The van der Waals surface area contributed by atoms with Gasteiger partial charge >= 0.3 is 0 Å². The molecule has 2 heterocycles. The molecule has 4 nitrogen and oxygen atoms in total. The smallest absolute Gasteiger partial charge is 0.106 e. The summed E-state index contributed by atoms with van der Waals surface area (Å²) in [6, 6.07) is 17.9. The van der Waals surface area contributed by atoms with E-state index < -0.39 is 0 Å². The van der Waals surface area contributed by atoms with Crippen molar-refractivity contribution in [3.63, 3.8) is 0 Å². The van der Waals surface area contributed by atoms with Crippen LogP contribution in [0.5, 0.6) is 0 Å². The second-order valence-electron chi connectivity index (χ2n) is 9.37. The summed E-state index contributed by atoms with van der Waals surface area (Å²) in [4.78, 5) is 9.76. The Kier molecular flexibility index (Phi) is 5.39. The molecule has 1 fully saturated rings. The van der Waals surface area contributed by atoms with E-state index in [9.17, 15) is 0 Å². The molecule has 0 unspecified atom stereocenters. The molecule has 4 heteroatoms. The van der Waals surface area contributed by atoms with Crippen molar-refractivity contribution in [3.8, 4) is 22.5 Å². The minimum absolute atomic E-state index is 0.534. The van der Waals surface area contributed by atoms with Crippen LogP contribution in [0.25, 0.3) is 33.5 Å². The first-order valence-corrected chi connectivity index (χ1v) is 11.7. The summed E-state index contributed by atoms with van der Waals surface area (Å²) in [5.41, 5.74) is 7.04. The van der Waals surface area contributed by atoms with Gasteiger partial charge in [-0.15, -0.1) is 0 Å². The summed E-state index contributed by atoms with van der Waals surface area (Å²) in [6.45, 7) is 7.63. The maximum Gasteiger partial charge on any atom is 0.106 e. The van der Waals surface area contributed by atoms with Crippen molar-refractivity contribution in [3.05, 3.63) is 60.7 Å². The maximum atomic E-state index is 4.93. The second kappa shape index (κ2) is 8.33. The summed E-state index contributed by atoms with van der Waals surface area (Å²) in [6.07, 6.45) is 8.53. The molecule has 1 aliphatic rings. The molecule has 31 heavy (non-hydrogen) atoms. The Morgan fingerprint density at radius 3 is 2.48 bits per heavy atom. The highest BCUT2D eigenvalue weighted by Gasteiger charge is 2.23. The van der Waals surface area contributed by atoms with E-state index in [1.165, 1.54) is 54.4 Å². The molecule has 0 saturated heterocycles. The van der Waals surface area contributed by atoms with E-state index in [0.717, 1.165) is 23.6 Å². The van der Waals surface area contributed by atoms with Gasteiger partial charge in [0.15, 0.2) is 0 Å². The number of rotatable bonds is 5. The molecule has 0 N–H and O–H groups in total. The van der Waals surface area contributed by atoms with E-state index in [0.29, 0.717) is 12.0 Å². The van der Waals surface area contributed by atoms with Crippen molar-refractivity contribution in [2.24, 2.45) is 5.92 Å². The number of aryl methyl sites for hydroxylation is 1. The molecule has 1 saturated carbocycles. The molecular weight excluding hydrogens is 380 g/mol. The van der Waals surface area contributed by atoms with E-state index >= 15 is 0 Å². The molecule has 1 aliphatic carbocycles. The standard InChI is InChI=1S/C27H32N4/c1-19(2)17-30-20(3)29-24-15-14-22(16-25(24)30)27-26(21-10-6-4-7-11-21)28-18-31(27)23-12-8-5-9-13-23/h4,6-7,10-11,14-16,18-19,23H,5,8-9,12-13,17H2,1-3H3. The molecular formula is C27H32N4. The van der Waals surface area contributed by atoms with Gasteiger partial charge in [0.25, 0.3) is 0 Å². The normalized spacial score (nSPS) is 15.2. The van der Waals surface area contributed by atoms with Crippen LogP contribution in [0.15, 0.2) is 54.9 Å². The first kappa shape index (κ1) is 20.0. The average molecular weight is 413 g/mol. The van der Waals surface area contributed by atoms with Gasteiger partial charge in [-0.1, -0.05) is 69.5 Å². The van der Waals surface area contributed by atoms with Gasteiger partial charge < -0.3 is 9.13 Å². The summed E-state index contributed by atoms with van der Waals surface area (Å²) in [5.74, 6) is 1.66. The molecule has 2 aromatic carbocycles. The number of hydrogen-bond acceptors (Lipinski definition) is 2. The molecule has 0 aliphatic heterocycles. The van der Waals surface area contributed by atoms with Crippen LogP contribution in [0.1, 0.15) is 57.8 Å². The van der Waals surface area contributed by atoms with Crippen molar-refractivity contribution >= 4 is 11.0 Å². The van der Waals surface area contributed by atoms with Gasteiger partial charge in [0.2, 0.25) is 0 Å². The van der Waals surface area contributed by atoms with Gasteiger partial charge in [-0.25, -0.2) is 9.97 Å². The Bertz CT molecular complexity index is 1180. The Morgan fingerprint density at radius 2 is 1.74 bits per heavy atom. The number of aromatic nitrogens is 4. The van der Waals surface area contributed by atoms with Crippen molar-refractivity contribution in [2.75, 3.05) is 0 Å². The number of hydrogen-bond donors (Lipinski definition) is 0. The third kappa shape index (κ3) is 3.80.